The lowest BCUT2D eigenvalue weighted by Crippen LogP contribution is -2.14. The van der Waals surface area contributed by atoms with E-state index in [9.17, 15) is 0 Å². The topological polar surface area (TPSA) is 4.93 Å². The van der Waals surface area contributed by atoms with Crippen LogP contribution in [0.5, 0.6) is 0 Å². The Hall–Kier alpha value is -4.10. The summed E-state index contributed by atoms with van der Waals surface area (Å²) in [5.74, 6) is 0. The highest BCUT2D eigenvalue weighted by Crippen LogP contribution is 2.49. The number of aromatic nitrogens is 1. The first kappa shape index (κ1) is 20.3. The van der Waals surface area contributed by atoms with Gasteiger partial charge in [-0.25, -0.2) is 0 Å². The molecule has 0 radical (unpaired) electrons. The Balaban J connectivity index is 1.52. The second-order valence-electron chi connectivity index (χ2n) is 10.4. The number of hydrogen-bond donors (Lipinski definition) is 0. The number of rotatable bonds is 2. The average molecular weight is 450 g/mol. The number of nitrogens with zero attached hydrogens (tertiary/aromatic N) is 1. The highest BCUT2D eigenvalue weighted by atomic mass is 15.0. The van der Waals surface area contributed by atoms with Gasteiger partial charge >= 0.3 is 0 Å². The maximum Gasteiger partial charge on any atom is 0.0547 e. The molecule has 1 aliphatic rings. The predicted molar refractivity (Wildman–Crippen MR) is 149 cm³/mol. The van der Waals surface area contributed by atoms with Crippen LogP contribution in [0.15, 0.2) is 109 Å². The summed E-state index contributed by atoms with van der Waals surface area (Å²) in [6.07, 6.45) is 0. The van der Waals surface area contributed by atoms with Gasteiger partial charge in [-0.05, 0) is 64.6 Å². The first-order valence-corrected chi connectivity index (χ1v) is 12.4. The Bertz CT molecular complexity index is 1780. The van der Waals surface area contributed by atoms with Crippen molar-refractivity contribution in [2.75, 3.05) is 0 Å². The van der Waals surface area contributed by atoms with E-state index >= 15 is 0 Å². The van der Waals surface area contributed by atoms with E-state index in [-0.39, 0.29) is 5.41 Å². The molecule has 1 aromatic heterocycles. The third kappa shape index (κ3) is 2.88. The molecule has 0 fully saturated rings. The lowest BCUT2D eigenvalue weighted by Gasteiger charge is -2.21. The van der Waals surface area contributed by atoms with Gasteiger partial charge in [0.05, 0.1) is 11.0 Å². The zero-order chi connectivity index (χ0) is 23.7. The van der Waals surface area contributed by atoms with Crippen molar-refractivity contribution < 1.29 is 0 Å². The van der Waals surface area contributed by atoms with Gasteiger partial charge in [-0.1, -0.05) is 104 Å². The fourth-order valence-electron chi connectivity index (χ4n) is 6.10. The molecule has 6 aromatic rings. The lowest BCUT2D eigenvalue weighted by atomic mass is 9.82. The maximum absolute atomic E-state index is 2.44. The van der Waals surface area contributed by atoms with E-state index in [4.69, 9.17) is 0 Å². The van der Waals surface area contributed by atoms with Gasteiger partial charge in [0.1, 0.15) is 0 Å². The first-order valence-electron chi connectivity index (χ1n) is 12.4. The third-order valence-electron chi connectivity index (χ3n) is 7.85. The van der Waals surface area contributed by atoms with Crippen molar-refractivity contribution in [3.05, 3.63) is 126 Å². The third-order valence-corrected chi connectivity index (χ3v) is 7.85. The number of benzene rings is 5. The molecule has 0 aliphatic heterocycles. The van der Waals surface area contributed by atoms with Crippen molar-refractivity contribution in [2.45, 2.75) is 26.2 Å². The van der Waals surface area contributed by atoms with Gasteiger partial charge in [0.25, 0.3) is 0 Å². The molecular formula is C34H27N. The minimum absolute atomic E-state index is 0.0175. The number of fused-ring (bicyclic) bond motifs is 6. The Morgan fingerprint density at radius 1 is 0.543 bits per heavy atom. The van der Waals surface area contributed by atoms with Crippen LogP contribution in [0.1, 0.15) is 30.5 Å². The second-order valence-corrected chi connectivity index (χ2v) is 10.4. The Labute approximate surface area is 206 Å². The number of aryl methyl sites for hydroxylation is 1. The molecule has 1 aliphatic carbocycles. The Morgan fingerprint density at radius 2 is 1.29 bits per heavy atom. The summed E-state index contributed by atoms with van der Waals surface area (Å²) in [6, 6.07) is 40.4. The summed E-state index contributed by atoms with van der Waals surface area (Å²) in [6.45, 7) is 6.83. The Morgan fingerprint density at radius 3 is 2.17 bits per heavy atom. The van der Waals surface area contributed by atoms with Gasteiger partial charge in [0, 0.05) is 21.9 Å². The molecule has 0 unspecified atom stereocenters. The fourth-order valence-corrected chi connectivity index (χ4v) is 6.10. The standard InChI is InChI=1S/C34H27N/c1-22-9-8-10-23(19-22)24-15-17-28-27-12-5-7-14-32(27)35(33(28)20-24)25-16-18-31-29(21-25)26-11-4-6-13-30(26)34(31,2)3/h4-21H,1-3H3. The quantitative estimate of drug-likeness (QED) is 0.248. The van der Waals surface area contributed by atoms with Crippen molar-refractivity contribution in [1.29, 1.82) is 0 Å². The molecule has 1 heteroatoms. The first-order chi connectivity index (χ1) is 17.0. The zero-order valence-electron chi connectivity index (χ0n) is 20.3. The lowest BCUT2D eigenvalue weighted by molar-refractivity contribution is 0.660. The smallest absolute Gasteiger partial charge is 0.0547 e. The molecule has 7 rings (SSSR count). The van der Waals surface area contributed by atoms with Crippen molar-refractivity contribution in [1.82, 2.24) is 4.57 Å². The van der Waals surface area contributed by atoms with Crippen molar-refractivity contribution in [3.63, 3.8) is 0 Å². The van der Waals surface area contributed by atoms with Gasteiger partial charge in [-0.2, -0.15) is 0 Å². The van der Waals surface area contributed by atoms with E-state index in [1.54, 1.807) is 0 Å². The van der Waals surface area contributed by atoms with Gasteiger partial charge < -0.3 is 4.57 Å². The SMILES string of the molecule is Cc1cccc(-c2ccc3c4ccccc4n(-c4ccc5c(c4)-c4ccccc4C5(C)C)c3c2)c1. The molecule has 35 heavy (non-hydrogen) atoms. The highest BCUT2D eigenvalue weighted by molar-refractivity contribution is 6.10. The fraction of sp³-hybridized carbons (Fsp3) is 0.118. The van der Waals surface area contributed by atoms with E-state index in [1.807, 2.05) is 0 Å². The number of hydrogen-bond acceptors (Lipinski definition) is 0. The zero-order valence-corrected chi connectivity index (χ0v) is 20.3. The normalized spacial score (nSPS) is 13.8. The van der Waals surface area contributed by atoms with Gasteiger partial charge in [0.2, 0.25) is 0 Å². The van der Waals surface area contributed by atoms with Crippen LogP contribution in [0, 0.1) is 6.92 Å². The molecule has 1 heterocycles. The van der Waals surface area contributed by atoms with Crippen molar-refractivity contribution in [2.24, 2.45) is 0 Å². The van der Waals surface area contributed by atoms with Crippen molar-refractivity contribution in [3.8, 4) is 27.9 Å². The van der Waals surface area contributed by atoms with Crippen LogP contribution in [0.4, 0.5) is 0 Å². The van der Waals surface area contributed by atoms with E-state index in [0.717, 1.165) is 0 Å². The Kier molecular flexibility index (Phi) is 4.17. The van der Waals surface area contributed by atoms with E-state index in [0.29, 0.717) is 0 Å². The van der Waals surface area contributed by atoms with Gasteiger partial charge in [-0.15, -0.1) is 0 Å². The molecule has 0 saturated heterocycles. The maximum atomic E-state index is 2.44. The monoisotopic (exact) mass is 449 g/mol. The summed E-state index contributed by atoms with van der Waals surface area (Å²) < 4.78 is 2.44. The minimum Gasteiger partial charge on any atom is -0.309 e. The van der Waals surface area contributed by atoms with Crippen molar-refractivity contribution >= 4 is 21.8 Å². The molecule has 0 saturated carbocycles. The predicted octanol–water partition coefficient (Wildman–Crippen LogP) is 9.07. The molecule has 0 spiro atoms. The van der Waals surface area contributed by atoms with Gasteiger partial charge in [0.15, 0.2) is 0 Å². The summed E-state index contributed by atoms with van der Waals surface area (Å²) >= 11 is 0. The summed E-state index contributed by atoms with van der Waals surface area (Å²) in [5.41, 5.74) is 13.0. The molecule has 0 atom stereocenters. The molecule has 5 aromatic carbocycles. The van der Waals surface area contributed by atoms with Crippen LogP contribution in [0.25, 0.3) is 49.7 Å². The summed E-state index contributed by atoms with van der Waals surface area (Å²) in [4.78, 5) is 0. The molecular weight excluding hydrogens is 422 g/mol. The summed E-state index contributed by atoms with van der Waals surface area (Å²) in [7, 11) is 0. The molecule has 0 bridgehead atoms. The van der Waals surface area contributed by atoms with E-state index in [1.165, 1.54) is 66.4 Å². The molecule has 168 valence electrons. The molecule has 1 nitrogen and oxygen atoms in total. The minimum atomic E-state index is 0.0175. The van der Waals surface area contributed by atoms with Crippen LogP contribution in [0.2, 0.25) is 0 Å². The van der Waals surface area contributed by atoms with Crippen LogP contribution in [-0.2, 0) is 5.41 Å². The van der Waals surface area contributed by atoms with Crippen LogP contribution < -0.4 is 0 Å². The largest absolute Gasteiger partial charge is 0.309 e. The van der Waals surface area contributed by atoms with Crippen LogP contribution in [-0.4, -0.2) is 4.57 Å². The number of para-hydroxylation sites is 1. The second kappa shape index (κ2) is 7.20. The molecule has 0 amide bonds. The molecule has 0 N–H and O–H groups in total. The van der Waals surface area contributed by atoms with Crippen LogP contribution in [0.3, 0.4) is 0 Å². The van der Waals surface area contributed by atoms with Crippen LogP contribution >= 0.6 is 0 Å². The van der Waals surface area contributed by atoms with E-state index < -0.39 is 0 Å². The summed E-state index contributed by atoms with van der Waals surface area (Å²) in [5, 5.41) is 2.58. The van der Waals surface area contributed by atoms with E-state index in [2.05, 4.69) is 135 Å². The average Bonchev–Trinajstić information content (AvgIpc) is 3.33. The van der Waals surface area contributed by atoms with Gasteiger partial charge in [-0.3, -0.25) is 0 Å². The highest BCUT2D eigenvalue weighted by Gasteiger charge is 2.35.